The number of nitrogens with two attached hydrogens (primary N) is 1. The third kappa shape index (κ3) is 2.78. The Balaban J connectivity index is 2.88. The molecule has 1 rings (SSSR count). The van der Waals surface area contributed by atoms with Gasteiger partial charge in [-0.1, -0.05) is 13.3 Å². The average Bonchev–Trinajstić information content (AvgIpc) is 2.19. The topological polar surface area (TPSA) is 61.0 Å². The molecule has 0 aromatic carbocycles. The molecule has 0 amide bonds. The fraction of sp³-hybridized carbons (Fsp3) is 0.556. The smallest absolute Gasteiger partial charge is 0.159 e. The van der Waals surface area contributed by atoms with Crippen molar-refractivity contribution in [1.82, 2.24) is 9.97 Å². The van der Waals surface area contributed by atoms with E-state index in [1.807, 2.05) is 0 Å². The molecular weight excluding hydrogens is 293 g/mol. The van der Waals surface area contributed by atoms with E-state index in [2.05, 4.69) is 39.5 Å². The summed E-state index contributed by atoms with van der Waals surface area (Å²) in [6, 6.07) is 0. The van der Waals surface area contributed by atoms with Crippen LogP contribution in [0.3, 0.4) is 0 Å². The van der Waals surface area contributed by atoms with Crippen LogP contribution in [-0.4, -0.2) is 17.1 Å². The van der Waals surface area contributed by atoms with Crippen LogP contribution in [0, 0.1) is 3.57 Å². The molecule has 0 saturated heterocycles. The minimum atomic E-state index is -0.0423. The summed E-state index contributed by atoms with van der Waals surface area (Å²) in [6.45, 7) is 2.10. The van der Waals surface area contributed by atoms with E-state index in [-0.39, 0.29) is 6.10 Å². The molecule has 0 saturated carbocycles. The summed E-state index contributed by atoms with van der Waals surface area (Å²) in [4.78, 5) is 8.40. The fourth-order valence-corrected chi connectivity index (χ4v) is 1.42. The van der Waals surface area contributed by atoms with Gasteiger partial charge in [-0.15, -0.1) is 0 Å². The zero-order valence-corrected chi connectivity index (χ0v) is 10.5. The maximum absolute atomic E-state index is 5.70. The summed E-state index contributed by atoms with van der Waals surface area (Å²) in [5, 5.41) is 0. The Morgan fingerprint density at radius 1 is 1.64 bits per heavy atom. The predicted octanol–water partition coefficient (Wildman–Crippen LogP) is 2.15. The van der Waals surface area contributed by atoms with Crippen molar-refractivity contribution < 1.29 is 4.74 Å². The van der Waals surface area contributed by atoms with Gasteiger partial charge in [0, 0.05) is 13.3 Å². The molecule has 1 aromatic heterocycles. The maximum Gasteiger partial charge on any atom is 0.159 e. The molecule has 1 aromatic rings. The quantitative estimate of drug-likeness (QED) is 0.866. The maximum atomic E-state index is 5.70. The van der Waals surface area contributed by atoms with Crippen LogP contribution >= 0.6 is 22.6 Å². The molecule has 0 spiro atoms. The Morgan fingerprint density at radius 3 is 2.86 bits per heavy atom. The van der Waals surface area contributed by atoms with Crippen LogP contribution in [-0.2, 0) is 4.74 Å². The summed E-state index contributed by atoms with van der Waals surface area (Å²) in [5.41, 5.74) is 5.70. The Labute approximate surface area is 97.4 Å². The normalized spacial score (nSPS) is 12.8. The first-order valence-electron chi connectivity index (χ1n) is 4.49. The zero-order valence-electron chi connectivity index (χ0n) is 8.33. The Hall–Kier alpha value is -0.430. The Morgan fingerprint density at radius 2 is 2.36 bits per heavy atom. The van der Waals surface area contributed by atoms with Gasteiger partial charge in [-0.2, -0.15) is 0 Å². The van der Waals surface area contributed by atoms with Gasteiger partial charge in [-0.3, -0.25) is 0 Å². The van der Waals surface area contributed by atoms with Crippen molar-refractivity contribution in [3.8, 4) is 0 Å². The van der Waals surface area contributed by atoms with Crippen molar-refractivity contribution in [2.45, 2.75) is 25.9 Å². The summed E-state index contributed by atoms with van der Waals surface area (Å²) in [5.74, 6) is 1.20. The van der Waals surface area contributed by atoms with Crippen LogP contribution in [0.4, 0.5) is 5.82 Å². The molecule has 5 heteroatoms. The molecule has 2 N–H and O–H groups in total. The third-order valence-corrected chi connectivity index (χ3v) is 2.74. The molecule has 1 heterocycles. The van der Waals surface area contributed by atoms with Gasteiger partial charge in [0.05, 0.1) is 3.57 Å². The first-order valence-corrected chi connectivity index (χ1v) is 5.57. The van der Waals surface area contributed by atoms with Gasteiger partial charge in [-0.05, 0) is 29.0 Å². The second-order valence-electron chi connectivity index (χ2n) is 2.97. The molecule has 4 nitrogen and oxygen atoms in total. The largest absolute Gasteiger partial charge is 0.383 e. The number of halogens is 1. The van der Waals surface area contributed by atoms with E-state index >= 15 is 0 Å². The molecule has 0 aliphatic heterocycles. The lowest BCUT2D eigenvalue weighted by Crippen LogP contribution is -2.09. The van der Waals surface area contributed by atoms with Crippen LogP contribution < -0.4 is 5.73 Å². The number of anilines is 1. The number of nitrogens with zero attached hydrogens (tertiary/aromatic N) is 2. The van der Waals surface area contributed by atoms with Crippen LogP contribution in [0.2, 0.25) is 0 Å². The van der Waals surface area contributed by atoms with Crippen molar-refractivity contribution >= 4 is 28.4 Å². The van der Waals surface area contributed by atoms with Crippen molar-refractivity contribution in [2.24, 2.45) is 0 Å². The number of hydrogen-bond acceptors (Lipinski definition) is 4. The van der Waals surface area contributed by atoms with Gasteiger partial charge in [-0.25, -0.2) is 9.97 Å². The van der Waals surface area contributed by atoms with Gasteiger partial charge >= 0.3 is 0 Å². The third-order valence-electron chi connectivity index (χ3n) is 1.91. The van der Waals surface area contributed by atoms with Gasteiger partial charge in [0.2, 0.25) is 0 Å². The highest BCUT2D eigenvalue weighted by atomic mass is 127. The highest BCUT2D eigenvalue weighted by Crippen LogP contribution is 2.20. The molecular formula is C9H14IN3O. The SMILES string of the molecule is CCCC(OC)c1ncc(I)c(N)n1. The molecule has 0 aliphatic carbocycles. The number of ether oxygens (including phenoxy) is 1. The first kappa shape index (κ1) is 11.6. The standard InChI is InChI=1S/C9H14IN3O/c1-3-4-7(14-2)9-12-5-6(10)8(11)13-9/h5,7H,3-4H2,1-2H3,(H2,11,12,13). The highest BCUT2D eigenvalue weighted by molar-refractivity contribution is 14.1. The minimum absolute atomic E-state index is 0.0423. The predicted molar refractivity (Wildman–Crippen MR) is 63.8 cm³/mol. The number of aromatic nitrogens is 2. The Bertz CT molecular complexity index is 306. The van der Waals surface area contributed by atoms with E-state index in [9.17, 15) is 0 Å². The van der Waals surface area contributed by atoms with E-state index in [1.54, 1.807) is 13.3 Å². The minimum Gasteiger partial charge on any atom is -0.383 e. The molecule has 0 radical (unpaired) electrons. The van der Waals surface area contributed by atoms with Crippen LogP contribution in [0.25, 0.3) is 0 Å². The number of methoxy groups -OCH3 is 1. The van der Waals surface area contributed by atoms with Crippen LogP contribution in [0.1, 0.15) is 31.7 Å². The monoisotopic (exact) mass is 307 g/mol. The summed E-state index contributed by atoms with van der Waals surface area (Å²) in [7, 11) is 1.66. The van der Waals surface area contributed by atoms with E-state index in [0.29, 0.717) is 11.6 Å². The van der Waals surface area contributed by atoms with Gasteiger partial charge in [0.1, 0.15) is 11.9 Å². The van der Waals surface area contributed by atoms with Crippen LogP contribution in [0.5, 0.6) is 0 Å². The van der Waals surface area contributed by atoms with Crippen molar-refractivity contribution in [2.75, 3.05) is 12.8 Å². The molecule has 0 fully saturated rings. The lowest BCUT2D eigenvalue weighted by atomic mass is 10.2. The second kappa shape index (κ2) is 5.45. The van der Waals surface area contributed by atoms with E-state index in [4.69, 9.17) is 10.5 Å². The van der Waals surface area contributed by atoms with E-state index in [1.165, 1.54) is 0 Å². The average molecular weight is 307 g/mol. The van der Waals surface area contributed by atoms with Crippen molar-refractivity contribution in [3.63, 3.8) is 0 Å². The zero-order chi connectivity index (χ0) is 10.6. The van der Waals surface area contributed by atoms with E-state index < -0.39 is 0 Å². The molecule has 14 heavy (non-hydrogen) atoms. The van der Waals surface area contributed by atoms with Crippen molar-refractivity contribution in [3.05, 3.63) is 15.6 Å². The highest BCUT2D eigenvalue weighted by Gasteiger charge is 2.13. The molecule has 78 valence electrons. The fourth-order valence-electron chi connectivity index (χ4n) is 1.16. The van der Waals surface area contributed by atoms with Gasteiger partial charge < -0.3 is 10.5 Å². The number of nitrogen functional groups attached to an aromatic ring is 1. The summed E-state index contributed by atoms with van der Waals surface area (Å²) in [6.07, 6.45) is 3.63. The van der Waals surface area contributed by atoms with Crippen LogP contribution in [0.15, 0.2) is 6.20 Å². The Kier molecular flexibility index (Phi) is 4.53. The molecule has 0 aliphatic rings. The lowest BCUT2D eigenvalue weighted by molar-refractivity contribution is 0.0877. The summed E-state index contributed by atoms with van der Waals surface area (Å²) >= 11 is 2.11. The summed E-state index contributed by atoms with van der Waals surface area (Å²) < 4.78 is 6.16. The first-order chi connectivity index (χ1) is 6.69. The van der Waals surface area contributed by atoms with E-state index in [0.717, 1.165) is 16.4 Å². The second-order valence-corrected chi connectivity index (χ2v) is 4.14. The number of rotatable bonds is 4. The van der Waals surface area contributed by atoms with Crippen molar-refractivity contribution in [1.29, 1.82) is 0 Å². The molecule has 1 unspecified atom stereocenters. The molecule has 1 atom stereocenters. The van der Waals surface area contributed by atoms with Gasteiger partial charge in [0.15, 0.2) is 5.82 Å². The molecule has 0 bridgehead atoms. The number of hydrogen-bond donors (Lipinski definition) is 1. The lowest BCUT2D eigenvalue weighted by Gasteiger charge is -2.12. The van der Waals surface area contributed by atoms with Gasteiger partial charge in [0.25, 0.3) is 0 Å².